The van der Waals surface area contributed by atoms with Gasteiger partial charge in [0.25, 0.3) is 0 Å². The summed E-state index contributed by atoms with van der Waals surface area (Å²) < 4.78 is 50.6. The van der Waals surface area contributed by atoms with Crippen LogP contribution < -0.4 is 5.32 Å². The Hall–Kier alpha value is -3.01. The van der Waals surface area contributed by atoms with E-state index in [1.165, 1.54) is 0 Å². The number of nitrogens with one attached hydrogen (secondary N) is 1. The van der Waals surface area contributed by atoms with Crippen molar-refractivity contribution in [2.75, 3.05) is 0 Å². The SMILES string of the molecule is CC(C)(C)OC(=O)N[C@@H](CCC(=O)Sc1ccc(F)c(F)c1F)C(=O)OCc1ccccc1. The number of carbonyl (C=O) groups excluding carboxylic acids is 3. The van der Waals surface area contributed by atoms with Gasteiger partial charge in [0, 0.05) is 6.42 Å². The third kappa shape index (κ3) is 8.80. The first kappa shape index (κ1) is 26.2. The predicted octanol–water partition coefficient (Wildman–Crippen LogP) is 5.14. The van der Waals surface area contributed by atoms with Gasteiger partial charge in [-0.05, 0) is 56.7 Å². The average molecular weight is 484 g/mol. The van der Waals surface area contributed by atoms with Gasteiger partial charge < -0.3 is 14.8 Å². The summed E-state index contributed by atoms with van der Waals surface area (Å²) in [5.74, 6) is -5.31. The van der Waals surface area contributed by atoms with E-state index < -0.39 is 46.3 Å². The van der Waals surface area contributed by atoms with Crippen LogP contribution in [0.25, 0.3) is 0 Å². The molecule has 2 rings (SSSR count). The fourth-order valence-corrected chi connectivity index (χ4v) is 3.33. The molecule has 0 spiro atoms. The minimum absolute atomic E-state index is 0.0467. The quantitative estimate of drug-likeness (QED) is 0.318. The van der Waals surface area contributed by atoms with E-state index in [1.807, 2.05) is 0 Å². The molecule has 1 amide bonds. The molecule has 0 saturated carbocycles. The third-order valence-corrected chi connectivity index (χ3v) is 5.03. The number of rotatable bonds is 8. The molecule has 10 heteroatoms. The Bertz CT molecular complexity index is 996. The van der Waals surface area contributed by atoms with Gasteiger partial charge in [-0.3, -0.25) is 4.79 Å². The van der Waals surface area contributed by atoms with Crippen LogP contribution in [0.1, 0.15) is 39.2 Å². The summed E-state index contributed by atoms with van der Waals surface area (Å²) in [5, 5.41) is 1.76. The van der Waals surface area contributed by atoms with Crippen molar-refractivity contribution in [1.82, 2.24) is 5.32 Å². The van der Waals surface area contributed by atoms with Gasteiger partial charge in [-0.15, -0.1) is 0 Å². The van der Waals surface area contributed by atoms with Crippen LogP contribution in [0, 0.1) is 17.5 Å². The van der Waals surface area contributed by atoms with Crippen molar-refractivity contribution < 1.29 is 37.0 Å². The molecule has 2 aromatic rings. The van der Waals surface area contributed by atoms with E-state index in [-0.39, 0.29) is 24.3 Å². The molecule has 6 nitrogen and oxygen atoms in total. The first-order valence-electron chi connectivity index (χ1n) is 10.0. The normalized spacial score (nSPS) is 12.1. The van der Waals surface area contributed by atoms with Gasteiger partial charge in [-0.1, -0.05) is 30.3 Å². The summed E-state index contributed by atoms with van der Waals surface area (Å²) in [6, 6.07) is 9.28. The van der Waals surface area contributed by atoms with E-state index in [4.69, 9.17) is 9.47 Å². The summed E-state index contributed by atoms with van der Waals surface area (Å²) in [4.78, 5) is 36.6. The van der Waals surface area contributed by atoms with Crippen molar-refractivity contribution in [2.45, 2.75) is 56.8 Å². The van der Waals surface area contributed by atoms with Crippen LogP contribution >= 0.6 is 11.8 Å². The topological polar surface area (TPSA) is 81.7 Å². The van der Waals surface area contributed by atoms with Gasteiger partial charge in [0.05, 0.1) is 4.90 Å². The number of esters is 1. The first-order valence-corrected chi connectivity index (χ1v) is 10.8. The van der Waals surface area contributed by atoms with Crippen LogP contribution in [0.3, 0.4) is 0 Å². The molecule has 0 aromatic heterocycles. The molecular weight excluding hydrogens is 459 g/mol. The van der Waals surface area contributed by atoms with Crippen molar-refractivity contribution in [3.63, 3.8) is 0 Å². The number of ether oxygens (including phenoxy) is 2. The number of hydrogen-bond donors (Lipinski definition) is 1. The Morgan fingerprint density at radius 1 is 1.00 bits per heavy atom. The van der Waals surface area contributed by atoms with Crippen molar-refractivity contribution in [3.8, 4) is 0 Å². The molecule has 0 bridgehead atoms. The van der Waals surface area contributed by atoms with E-state index in [2.05, 4.69) is 5.32 Å². The van der Waals surface area contributed by atoms with Crippen LogP contribution in [0.5, 0.6) is 0 Å². The highest BCUT2D eigenvalue weighted by Crippen LogP contribution is 2.27. The first-order chi connectivity index (χ1) is 15.5. The molecule has 0 aliphatic rings. The second kappa shape index (κ2) is 11.7. The van der Waals surface area contributed by atoms with Crippen LogP contribution in [0.4, 0.5) is 18.0 Å². The Kier molecular flexibility index (Phi) is 9.33. The van der Waals surface area contributed by atoms with Crippen molar-refractivity contribution >= 4 is 28.9 Å². The standard InChI is InChI=1S/C23H24F3NO5S/c1-23(2,3)32-22(30)27-16(21(29)31-13-14-7-5-4-6-8-14)10-12-18(28)33-17-11-9-15(24)19(25)20(17)26/h4-9,11,16H,10,12-13H2,1-3H3,(H,27,30)/t16-/m0/s1. The Morgan fingerprint density at radius 3 is 2.30 bits per heavy atom. The number of thioether (sulfide) groups is 1. The molecular formula is C23H24F3NO5S. The summed E-state index contributed by atoms with van der Waals surface area (Å²) in [6.45, 7) is 4.89. The number of hydrogen-bond acceptors (Lipinski definition) is 6. The molecule has 0 radical (unpaired) electrons. The monoisotopic (exact) mass is 483 g/mol. The molecule has 0 unspecified atom stereocenters. The van der Waals surface area contributed by atoms with Crippen molar-refractivity contribution in [2.24, 2.45) is 0 Å². The zero-order chi connectivity index (χ0) is 24.6. The van der Waals surface area contributed by atoms with Crippen LogP contribution in [0.15, 0.2) is 47.4 Å². The maximum absolute atomic E-state index is 13.8. The number of amides is 1. The Labute approximate surface area is 193 Å². The summed E-state index contributed by atoms with van der Waals surface area (Å²) in [7, 11) is 0. The fourth-order valence-electron chi connectivity index (χ4n) is 2.55. The molecule has 0 saturated heterocycles. The minimum atomic E-state index is -1.68. The second-order valence-electron chi connectivity index (χ2n) is 7.98. The van der Waals surface area contributed by atoms with Crippen molar-refractivity contribution in [3.05, 3.63) is 65.5 Å². The smallest absolute Gasteiger partial charge is 0.408 e. The lowest BCUT2D eigenvalue weighted by Gasteiger charge is -2.23. The molecule has 0 aliphatic carbocycles. The lowest BCUT2D eigenvalue weighted by Crippen LogP contribution is -2.44. The number of halogens is 3. The maximum Gasteiger partial charge on any atom is 0.408 e. The largest absolute Gasteiger partial charge is 0.459 e. The summed E-state index contributed by atoms with van der Waals surface area (Å²) >= 11 is 0.369. The Balaban J connectivity index is 2.02. The van der Waals surface area contributed by atoms with E-state index in [0.29, 0.717) is 17.8 Å². The molecule has 178 valence electrons. The molecule has 0 aliphatic heterocycles. The number of alkyl carbamates (subject to hydrolysis) is 1. The summed E-state index contributed by atoms with van der Waals surface area (Å²) in [5.41, 5.74) is -0.0966. The molecule has 1 N–H and O–H groups in total. The predicted molar refractivity (Wildman–Crippen MR) is 116 cm³/mol. The third-order valence-electron chi connectivity index (χ3n) is 4.06. The van der Waals surface area contributed by atoms with Crippen molar-refractivity contribution in [1.29, 1.82) is 0 Å². The summed E-state index contributed by atoms with van der Waals surface area (Å²) in [6.07, 6.45) is -1.34. The fraction of sp³-hybridized carbons (Fsp3) is 0.348. The highest BCUT2D eigenvalue weighted by molar-refractivity contribution is 8.13. The molecule has 2 aromatic carbocycles. The van der Waals surface area contributed by atoms with Crippen LogP contribution in [-0.2, 0) is 25.7 Å². The van der Waals surface area contributed by atoms with E-state index in [9.17, 15) is 27.6 Å². The van der Waals surface area contributed by atoms with E-state index >= 15 is 0 Å². The average Bonchev–Trinajstić information content (AvgIpc) is 2.74. The van der Waals surface area contributed by atoms with Gasteiger partial charge in [-0.2, -0.15) is 0 Å². The lowest BCUT2D eigenvalue weighted by atomic mass is 10.1. The maximum atomic E-state index is 13.8. The van der Waals surface area contributed by atoms with E-state index in [1.54, 1.807) is 51.1 Å². The molecule has 33 heavy (non-hydrogen) atoms. The van der Waals surface area contributed by atoms with Gasteiger partial charge in [0.1, 0.15) is 18.2 Å². The van der Waals surface area contributed by atoms with Crippen LogP contribution in [0.2, 0.25) is 0 Å². The molecule has 1 atom stereocenters. The van der Waals surface area contributed by atoms with Gasteiger partial charge in [0.2, 0.25) is 0 Å². The van der Waals surface area contributed by atoms with Gasteiger partial charge in [-0.25, -0.2) is 22.8 Å². The number of carbonyl (C=O) groups is 3. The zero-order valence-electron chi connectivity index (χ0n) is 18.3. The lowest BCUT2D eigenvalue weighted by molar-refractivity contribution is -0.147. The molecule has 0 heterocycles. The zero-order valence-corrected chi connectivity index (χ0v) is 19.1. The Morgan fingerprint density at radius 2 is 1.67 bits per heavy atom. The van der Waals surface area contributed by atoms with Crippen LogP contribution in [-0.4, -0.2) is 28.8 Å². The number of benzene rings is 2. The second-order valence-corrected chi connectivity index (χ2v) is 9.08. The van der Waals surface area contributed by atoms with E-state index in [0.717, 1.165) is 11.6 Å². The highest BCUT2D eigenvalue weighted by Gasteiger charge is 2.27. The minimum Gasteiger partial charge on any atom is -0.459 e. The van der Waals surface area contributed by atoms with Gasteiger partial charge in [0.15, 0.2) is 22.6 Å². The highest BCUT2D eigenvalue weighted by atomic mass is 32.2. The van der Waals surface area contributed by atoms with Gasteiger partial charge >= 0.3 is 12.1 Å². The molecule has 0 fully saturated rings.